The number of hydrogen-bond donors (Lipinski definition) is 1. The summed E-state index contributed by atoms with van der Waals surface area (Å²) in [5, 5.41) is 7.18. The van der Waals surface area contributed by atoms with Crippen LogP contribution in [0.4, 0.5) is 13.2 Å². The van der Waals surface area contributed by atoms with Crippen molar-refractivity contribution in [2.45, 2.75) is 46.0 Å². The Bertz CT molecular complexity index is 696. The zero-order valence-corrected chi connectivity index (χ0v) is 14.1. The molecule has 0 aliphatic carbocycles. The highest BCUT2D eigenvalue weighted by Crippen LogP contribution is 2.30. The first kappa shape index (κ1) is 17.0. The predicted octanol–water partition coefficient (Wildman–Crippen LogP) is 2.94. The molecule has 3 heterocycles. The van der Waals surface area contributed by atoms with Gasteiger partial charge in [0.2, 0.25) is 0 Å². The number of nitrogens with zero attached hydrogens (tertiary/aromatic N) is 4. The molecule has 132 valence electrons. The molecule has 0 bridgehead atoms. The number of H-pyrrole nitrogens is 1. The van der Waals surface area contributed by atoms with Gasteiger partial charge in [-0.2, -0.15) is 18.3 Å². The molecule has 1 N–H and O–H groups in total. The summed E-state index contributed by atoms with van der Waals surface area (Å²) in [7, 11) is 2.04. The Morgan fingerprint density at radius 3 is 2.75 bits per heavy atom. The van der Waals surface area contributed by atoms with E-state index in [4.69, 9.17) is 0 Å². The Morgan fingerprint density at radius 2 is 2.12 bits per heavy atom. The SMILES string of the molecule is Cc1n[nH]c(C)c1CN(C)C[C@@H]1CCc2nc(C(F)(F)F)cn2C1. The van der Waals surface area contributed by atoms with Crippen LogP contribution < -0.4 is 0 Å². The molecule has 1 aliphatic rings. The summed E-state index contributed by atoms with van der Waals surface area (Å²) < 4.78 is 40.0. The third-order valence-corrected chi connectivity index (χ3v) is 4.66. The van der Waals surface area contributed by atoms with Gasteiger partial charge in [0.1, 0.15) is 5.82 Å². The van der Waals surface area contributed by atoms with Crippen LogP contribution in [0, 0.1) is 19.8 Å². The second kappa shape index (κ2) is 6.23. The Balaban J connectivity index is 1.62. The molecule has 2 aromatic heterocycles. The van der Waals surface area contributed by atoms with Gasteiger partial charge in [-0.3, -0.25) is 5.10 Å². The Hall–Kier alpha value is -1.83. The van der Waals surface area contributed by atoms with Gasteiger partial charge in [-0.15, -0.1) is 0 Å². The molecule has 1 aliphatic heterocycles. The molecule has 0 saturated heterocycles. The highest BCUT2D eigenvalue weighted by atomic mass is 19.4. The lowest BCUT2D eigenvalue weighted by atomic mass is 9.98. The van der Waals surface area contributed by atoms with Crippen LogP contribution in [0.2, 0.25) is 0 Å². The van der Waals surface area contributed by atoms with Crippen molar-refractivity contribution in [3.05, 3.63) is 34.7 Å². The van der Waals surface area contributed by atoms with E-state index in [1.807, 2.05) is 20.9 Å². The van der Waals surface area contributed by atoms with E-state index in [0.717, 1.165) is 37.1 Å². The molecule has 0 radical (unpaired) electrons. The van der Waals surface area contributed by atoms with E-state index in [2.05, 4.69) is 20.1 Å². The van der Waals surface area contributed by atoms with Crippen LogP contribution in [0.15, 0.2) is 6.20 Å². The lowest BCUT2D eigenvalue weighted by Gasteiger charge is -2.28. The van der Waals surface area contributed by atoms with Crippen LogP contribution in [0.3, 0.4) is 0 Å². The molecule has 0 amide bonds. The van der Waals surface area contributed by atoms with E-state index in [9.17, 15) is 13.2 Å². The number of hydrogen-bond acceptors (Lipinski definition) is 3. The summed E-state index contributed by atoms with van der Waals surface area (Å²) in [6.07, 6.45) is -1.76. The fourth-order valence-corrected chi connectivity index (χ4v) is 3.38. The van der Waals surface area contributed by atoms with Gasteiger partial charge in [0.05, 0.1) is 5.69 Å². The van der Waals surface area contributed by atoms with Crippen molar-refractivity contribution in [2.75, 3.05) is 13.6 Å². The number of rotatable bonds is 4. The van der Waals surface area contributed by atoms with Gasteiger partial charge in [0.25, 0.3) is 0 Å². The van der Waals surface area contributed by atoms with Gasteiger partial charge in [-0.1, -0.05) is 0 Å². The molecule has 0 fully saturated rings. The van der Waals surface area contributed by atoms with Crippen molar-refractivity contribution in [2.24, 2.45) is 5.92 Å². The molecule has 5 nitrogen and oxygen atoms in total. The largest absolute Gasteiger partial charge is 0.434 e. The van der Waals surface area contributed by atoms with Crippen LogP contribution in [0.5, 0.6) is 0 Å². The Kier molecular flexibility index (Phi) is 4.42. The molecule has 8 heteroatoms. The normalized spacial score (nSPS) is 18.2. The first-order valence-electron chi connectivity index (χ1n) is 8.06. The molecule has 0 aromatic carbocycles. The molecule has 1 atom stereocenters. The molecular formula is C16H22F3N5. The fraction of sp³-hybridized carbons (Fsp3) is 0.625. The van der Waals surface area contributed by atoms with E-state index in [0.29, 0.717) is 24.7 Å². The number of halogens is 3. The molecule has 0 spiro atoms. The molecule has 3 rings (SSSR count). The predicted molar refractivity (Wildman–Crippen MR) is 83.4 cm³/mol. The fourth-order valence-electron chi connectivity index (χ4n) is 3.38. The van der Waals surface area contributed by atoms with Crippen molar-refractivity contribution in [1.82, 2.24) is 24.6 Å². The summed E-state index contributed by atoms with van der Waals surface area (Å²) in [4.78, 5) is 5.94. The third kappa shape index (κ3) is 3.48. The Labute approximate surface area is 138 Å². The summed E-state index contributed by atoms with van der Waals surface area (Å²) in [5.41, 5.74) is 2.47. The number of alkyl halides is 3. The second-order valence-corrected chi connectivity index (χ2v) is 6.71. The van der Waals surface area contributed by atoms with Gasteiger partial charge in [-0.25, -0.2) is 4.98 Å². The van der Waals surface area contributed by atoms with Gasteiger partial charge < -0.3 is 9.47 Å². The van der Waals surface area contributed by atoms with Crippen LogP contribution in [-0.2, 0) is 25.7 Å². The Morgan fingerprint density at radius 1 is 1.38 bits per heavy atom. The first-order valence-corrected chi connectivity index (χ1v) is 8.06. The van der Waals surface area contributed by atoms with E-state index in [1.165, 1.54) is 5.56 Å². The van der Waals surface area contributed by atoms with Crippen LogP contribution in [0.1, 0.15) is 34.9 Å². The first-order chi connectivity index (χ1) is 11.2. The van der Waals surface area contributed by atoms with Crippen molar-refractivity contribution in [3.8, 4) is 0 Å². The van der Waals surface area contributed by atoms with Crippen molar-refractivity contribution in [1.29, 1.82) is 0 Å². The smallest absolute Gasteiger partial charge is 0.334 e. The summed E-state index contributed by atoms with van der Waals surface area (Å²) in [6, 6.07) is 0. The van der Waals surface area contributed by atoms with E-state index in [1.54, 1.807) is 4.57 Å². The van der Waals surface area contributed by atoms with E-state index < -0.39 is 11.9 Å². The highest BCUT2D eigenvalue weighted by molar-refractivity contribution is 5.22. The van der Waals surface area contributed by atoms with E-state index >= 15 is 0 Å². The molecule has 0 unspecified atom stereocenters. The second-order valence-electron chi connectivity index (χ2n) is 6.71. The molecule has 24 heavy (non-hydrogen) atoms. The van der Waals surface area contributed by atoms with Gasteiger partial charge in [-0.05, 0) is 33.2 Å². The molecule has 0 saturated carbocycles. The average Bonchev–Trinajstić information content (AvgIpc) is 3.05. The zero-order chi connectivity index (χ0) is 17.5. The van der Waals surface area contributed by atoms with Crippen LogP contribution >= 0.6 is 0 Å². The lowest BCUT2D eigenvalue weighted by molar-refractivity contribution is -0.141. The minimum Gasteiger partial charge on any atom is -0.334 e. The maximum absolute atomic E-state index is 12.8. The summed E-state index contributed by atoms with van der Waals surface area (Å²) in [5.74, 6) is 0.869. The number of nitrogens with one attached hydrogen (secondary N) is 1. The minimum absolute atomic E-state index is 0.324. The van der Waals surface area contributed by atoms with Gasteiger partial charge in [0, 0.05) is 43.5 Å². The van der Waals surface area contributed by atoms with Crippen molar-refractivity contribution < 1.29 is 13.2 Å². The number of aromatic amines is 1. The average molecular weight is 341 g/mol. The quantitative estimate of drug-likeness (QED) is 0.930. The minimum atomic E-state index is -4.37. The van der Waals surface area contributed by atoms with Gasteiger partial charge in [0.15, 0.2) is 5.69 Å². The van der Waals surface area contributed by atoms with Crippen LogP contribution in [-0.4, -0.2) is 38.2 Å². The summed E-state index contributed by atoms with van der Waals surface area (Å²) in [6.45, 7) is 6.19. The topological polar surface area (TPSA) is 49.7 Å². The monoisotopic (exact) mass is 341 g/mol. The van der Waals surface area contributed by atoms with Crippen molar-refractivity contribution in [3.63, 3.8) is 0 Å². The maximum atomic E-state index is 12.8. The van der Waals surface area contributed by atoms with E-state index in [-0.39, 0.29) is 0 Å². The highest BCUT2D eigenvalue weighted by Gasteiger charge is 2.35. The van der Waals surface area contributed by atoms with Crippen LogP contribution in [0.25, 0.3) is 0 Å². The number of aromatic nitrogens is 4. The lowest BCUT2D eigenvalue weighted by Crippen LogP contribution is -2.31. The third-order valence-electron chi connectivity index (χ3n) is 4.66. The molecule has 2 aromatic rings. The standard InChI is InChI=1S/C16H22F3N5/c1-10-13(11(2)22-21-10)8-23(3)6-12-4-5-15-20-14(16(17,18)19)9-24(15)7-12/h9,12H,4-8H2,1-3H3,(H,21,22)/t12-/m0/s1. The summed E-state index contributed by atoms with van der Waals surface area (Å²) >= 11 is 0. The molecular weight excluding hydrogens is 319 g/mol. The maximum Gasteiger partial charge on any atom is 0.434 e. The van der Waals surface area contributed by atoms with Crippen molar-refractivity contribution >= 4 is 0 Å². The number of imidazole rings is 1. The zero-order valence-electron chi connectivity index (χ0n) is 14.1. The van der Waals surface area contributed by atoms with Gasteiger partial charge >= 0.3 is 6.18 Å². The number of aryl methyl sites for hydroxylation is 3. The number of fused-ring (bicyclic) bond motifs is 1.